The minimum atomic E-state index is -0.243. The number of nitrogens with zero attached hydrogens (tertiary/aromatic N) is 6. The van der Waals surface area contributed by atoms with Crippen molar-refractivity contribution in [2.24, 2.45) is 16.1 Å². The van der Waals surface area contributed by atoms with Crippen molar-refractivity contribution in [3.05, 3.63) is 69.8 Å². The van der Waals surface area contributed by atoms with Crippen molar-refractivity contribution >= 4 is 62.9 Å². The SMILES string of the molecule is CCCCCCCCC(CCCCCC)COC(=O)CSc1nnc(N=Nc2c(Nc3c(C)cccc3C)nc(Nc3c(C)cccc3C)c(C#N)c2C)s1. The van der Waals surface area contributed by atoms with Crippen molar-refractivity contribution in [3.8, 4) is 6.07 Å². The van der Waals surface area contributed by atoms with Gasteiger partial charge in [-0.15, -0.1) is 20.4 Å². The highest BCUT2D eigenvalue weighted by molar-refractivity contribution is 8.01. The molecule has 10 nitrogen and oxygen atoms in total. The molecule has 0 aliphatic rings. The molecule has 0 spiro atoms. The number of hydrogen-bond acceptors (Lipinski definition) is 12. The predicted molar refractivity (Wildman–Crippen MR) is 228 cm³/mol. The average molecular weight is 783 g/mol. The number of aryl methyl sites for hydroxylation is 4. The highest BCUT2D eigenvalue weighted by Gasteiger charge is 2.21. The zero-order valence-corrected chi connectivity index (χ0v) is 35.4. The molecule has 55 heavy (non-hydrogen) atoms. The summed E-state index contributed by atoms with van der Waals surface area (Å²) in [5, 5.41) is 35.0. The Bertz CT molecular complexity index is 1880. The molecule has 0 aliphatic heterocycles. The lowest BCUT2D eigenvalue weighted by Gasteiger charge is -2.19. The average Bonchev–Trinajstić information content (AvgIpc) is 3.63. The molecule has 0 saturated heterocycles. The summed E-state index contributed by atoms with van der Waals surface area (Å²) in [6.45, 7) is 14.9. The smallest absolute Gasteiger partial charge is 0.316 e. The number of carbonyl (C=O) groups excluding carboxylic acids is 1. The van der Waals surface area contributed by atoms with Crippen LogP contribution in [0, 0.1) is 51.9 Å². The van der Waals surface area contributed by atoms with Crippen LogP contribution in [0.25, 0.3) is 0 Å². The molecule has 0 radical (unpaired) electrons. The standard InChI is InChI=1S/C43H58N8O2S2/c1-8-10-12-14-15-17-25-34(24-16-13-11-9-2)27-53-36(52)28-54-43-51-50-42(55-43)49-48-39-33(7)35(26-44)40(45-37-29(3)20-18-21-30(37)4)47-41(39)46-38-31(5)22-19-23-32(38)6/h18-23,34H,8-17,24-25,27-28H2,1-7H3,(H2,45,46,47). The van der Waals surface area contributed by atoms with Crippen molar-refractivity contribution in [1.82, 2.24) is 15.2 Å². The molecular formula is C43H58N8O2S2. The number of ether oxygens (including phenoxy) is 1. The van der Waals surface area contributed by atoms with E-state index in [4.69, 9.17) is 9.72 Å². The Morgan fingerprint density at radius 3 is 1.93 bits per heavy atom. The molecule has 0 fully saturated rings. The van der Waals surface area contributed by atoms with E-state index in [1.54, 1.807) is 0 Å². The number of hydrogen-bond donors (Lipinski definition) is 2. The minimum Gasteiger partial charge on any atom is -0.465 e. The second-order valence-electron chi connectivity index (χ2n) is 14.3. The van der Waals surface area contributed by atoms with Crippen LogP contribution < -0.4 is 10.6 Å². The number of unbranched alkanes of at least 4 members (excludes halogenated alkanes) is 8. The summed E-state index contributed by atoms with van der Waals surface area (Å²) >= 11 is 2.54. The fraction of sp³-hybridized carbons (Fsp3) is 0.512. The Labute approximate surface area is 336 Å². The van der Waals surface area contributed by atoms with E-state index in [0.717, 1.165) is 46.5 Å². The van der Waals surface area contributed by atoms with Gasteiger partial charge in [0.05, 0.1) is 17.9 Å². The van der Waals surface area contributed by atoms with Gasteiger partial charge in [0.25, 0.3) is 5.13 Å². The van der Waals surface area contributed by atoms with Crippen LogP contribution in [0.15, 0.2) is 51.0 Å². The molecular weight excluding hydrogens is 725 g/mol. The van der Waals surface area contributed by atoms with Crippen LogP contribution >= 0.6 is 23.1 Å². The quantitative estimate of drug-likeness (QED) is 0.0326. The number of carbonyl (C=O) groups is 1. The minimum absolute atomic E-state index is 0.151. The molecule has 294 valence electrons. The van der Waals surface area contributed by atoms with Gasteiger partial charge in [-0.2, -0.15) is 5.26 Å². The van der Waals surface area contributed by atoms with Crippen LogP contribution in [-0.4, -0.2) is 33.5 Å². The van der Waals surface area contributed by atoms with E-state index in [2.05, 4.69) is 51.0 Å². The summed E-state index contributed by atoms with van der Waals surface area (Å²) in [4.78, 5) is 17.7. The van der Waals surface area contributed by atoms with Crippen molar-refractivity contribution < 1.29 is 9.53 Å². The first kappa shape index (κ1) is 43.4. The molecule has 4 aromatic rings. The van der Waals surface area contributed by atoms with E-state index in [1.165, 1.54) is 87.3 Å². The molecule has 2 aromatic carbocycles. The van der Waals surface area contributed by atoms with E-state index in [9.17, 15) is 10.1 Å². The molecule has 2 N–H and O–H groups in total. The van der Waals surface area contributed by atoms with Gasteiger partial charge in [0.15, 0.2) is 16.0 Å². The lowest BCUT2D eigenvalue weighted by Crippen LogP contribution is -2.16. The number of esters is 1. The number of pyridine rings is 1. The molecule has 2 aromatic heterocycles. The molecule has 1 atom stereocenters. The van der Waals surface area contributed by atoms with Gasteiger partial charge < -0.3 is 15.4 Å². The van der Waals surface area contributed by atoms with Crippen molar-refractivity contribution in [2.45, 2.75) is 130 Å². The highest BCUT2D eigenvalue weighted by atomic mass is 32.2. The van der Waals surface area contributed by atoms with Crippen LogP contribution in [-0.2, 0) is 9.53 Å². The van der Waals surface area contributed by atoms with E-state index in [1.807, 2.05) is 71.0 Å². The fourth-order valence-electron chi connectivity index (χ4n) is 6.54. The number of rotatable bonds is 23. The number of azo groups is 1. The Hall–Kier alpha value is -4.34. The van der Waals surface area contributed by atoms with Crippen LogP contribution in [0.5, 0.6) is 0 Å². The van der Waals surface area contributed by atoms with E-state index in [0.29, 0.717) is 50.4 Å². The second-order valence-corrected chi connectivity index (χ2v) is 16.5. The fourth-order valence-corrected chi connectivity index (χ4v) is 8.00. The Morgan fingerprint density at radius 1 is 0.800 bits per heavy atom. The lowest BCUT2D eigenvalue weighted by molar-refractivity contribution is -0.141. The van der Waals surface area contributed by atoms with Crippen LogP contribution in [0.4, 0.5) is 33.8 Å². The van der Waals surface area contributed by atoms with Gasteiger partial charge in [0, 0.05) is 16.9 Å². The molecule has 0 aliphatic carbocycles. The number of para-hydroxylation sites is 2. The van der Waals surface area contributed by atoms with Gasteiger partial charge in [-0.3, -0.25) is 4.79 Å². The summed E-state index contributed by atoms with van der Waals surface area (Å²) in [5.74, 6) is 1.20. The van der Waals surface area contributed by atoms with Gasteiger partial charge in [-0.05, 0) is 75.6 Å². The highest BCUT2D eigenvalue weighted by Crippen LogP contribution is 2.39. The van der Waals surface area contributed by atoms with Crippen molar-refractivity contribution in [2.75, 3.05) is 23.0 Å². The Morgan fingerprint density at radius 2 is 1.35 bits per heavy atom. The summed E-state index contributed by atoms with van der Waals surface area (Å²) in [6, 6.07) is 14.4. The maximum atomic E-state index is 12.8. The lowest BCUT2D eigenvalue weighted by atomic mass is 9.95. The number of thioether (sulfide) groups is 1. The Balaban J connectivity index is 1.46. The topological polar surface area (TPSA) is 138 Å². The molecule has 4 rings (SSSR count). The summed E-state index contributed by atoms with van der Waals surface area (Å²) in [5.41, 5.74) is 7.37. The van der Waals surface area contributed by atoms with Crippen molar-refractivity contribution in [1.29, 1.82) is 5.26 Å². The normalized spacial score (nSPS) is 11.8. The third-order valence-electron chi connectivity index (χ3n) is 9.83. The molecule has 12 heteroatoms. The summed E-state index contributed by atoms with van der Waals surface area (Å²) < 4.78 is 6.37. The van der Waals surface area contributed by atoms with E-state index >= 15 is 0 Å². The first-order valence-corrected chi connectivity index (χ1v) is 21.6. The molecule has 2 heterocycles. The largest absolute Gasteiger partial charge is 0.465 e. The molecule has 0 amide bonds. The van der Waals surface area contributed by atoms with Crippen LogP contribution in [0.2, 0.25) is 0 Å². The first-order valence-electron chi connectivity index (χ1n) is 19.8. The number of benzene rings is 2. The number of anilines is 4. The molecule has 0 bridgehead atoms. The second kappa shape index (κ2) is 22.9. The number of aromatic nitrogens is 3. The zero-order valence-electron chi connectivity index (χ0n) is 33.8. The first-order chi connectivity index (χ1) is 26.6. The predicted octanol–water partition coefficient (Wildman–Crippen LogP) is 13.2. The zero-order chi connectivity index (χ0) is 39.6. The van der Waals surface area contributed by atoms with Crippen LogP contribution in [0.3, 0.4) is 0 Å². The Kier molecular flexibility index (Phi) is 18.1. The molecule has 1 unspecified atom stereocenters. The van der Waals surface area contributed by atoms with Gasteiger partial charge in [0.1, 0.15) is 11.8 Å². The van der Waals surface area contributed by atoms with E-state index in [-0.39, 0.29) is 11.7 Å². The summed E-state index contributed by atoms with van der Waals surface area (Å²) in [7, 11) is 0. The van der Waals surface area contributed by atoms with Gasteiger partial charge in [0.2, 0.25) is 0 Å². The monoisotopic (exact) mass is 782 g/mol. The van der Waals surface area contributed by atoms with Gasteiger partial charge in [-0.1, -0.05) is 138 Å². The van der Waals surface area contributed by atoms with Gasteiger partial charge >= 0.3 is 5.97 Å². The third-order valence-corrected chi connectivity index (χ3v) is 11.7. The van der Waals surface area contributed by atoms with Crippen LogP contribution in [0.1, 0.15) is 124 Å². The van der Waals surface area contributed by atoms with Gasteiger partial charge in [-0.25, -0.2) is 4.98 Å². The maximum Gasteiger partial charge on any atom is 0.316 e. The maximum absolute atomic E-state index is 12.8. The molecule has 0 saturated carbocycles. The third kappa shape index (κ3) is 13.4. The van der Waals surface area contributed by atoms with E-state index < -0.39 is 0 Å². The van der Waals surface area contributed by atoms with Crippen molar-refractivity contribution in [3.63, 3.8) is 0 Å². The summed E-state index contributed by atoms with van der Waals surface area (Å²) in [6.07, 6.45) is 14.7. The number of nitrogens with one attached hydrogen (secondary N) is 2. The number of nitriles is 1.